The van der Waals surface area contributed by atoms with Gasteiger partial charge >= 0.3 is 0 Å². The van der Waals surface area contributed by atoms with Crippen LogP contribution in [0, 0.1) is 0 Å². The smallest absolute Gasteiger partial charge is 0.148 e. The van der Waals surface area contributed by atoms with Crippen molar-refractivity contribution in [3.8, 4) is 5.75 Å². The number of aromatic hydroxyl groups is 1. The van der Waals surface area contributed by atoms with E-state index < -0.39 is 0 Å². The van der Waals surface area contributed by atoms with E-state index in [2.05, 4.69) is 15.9 Å². The van der Waals surface area contributed by atoms with E-state index in [0.29, 0.717) is 5.02 Å². The second-order valence-corrected chi connectivity index (χ2v) is 4.57. The van der Waals surface area contributed by atoms with E-state index in [9.17, 15) is 5.11 Å². The molecule has 3 heteroatoms. The van der Waals surface area contributed by atoms with Gasteiger partial charge < -0.3 is 5.11 Å². The summed E-state index contributed by atoms with van der Waals surface area (Å²) in [5, 5.41) is 10.0. The van der Waals surface area contributed by atoms with Crippen LogP contribution in [0.25, 0.3) is 0 Å². The molecular formula is C10H10BrClO. The molecule has 0 atom stereocenters. The molecule has 0 radical (unpaired) electrons. The molecule has 0 spiro atoms. The Bertz CT molecular complexity index is 349. The fraction of sp³-hybridized carbons (Fsp3) is 0.400. The molecule has 0 aliphatic heterocycles. The van der Waals surface area contributed by atoms with Gasteiger partial charge in [-0.05, 0) is 58.8 Å². The van der Waals surface area contributed by atoms with E-state index in [1.54, 1.807) is 0 Å². The van der Waals surface area contributed by atoms with Crippen LogP contribution < -0.4 is 0 Å². The molecule has 1 nitrogen and oxygen atoms in total. The topological polar surface area (TPSA) is 20.2 Å². The molecule has 0 bridgehead atoms. The molecule has 0 saturated heterocycles. The fourth-order valence-electron chi connectivity index (χ4n) is 1.81. The summed E-state index contributed by atoms with van der Waals surface area (Å²) >= 11 is 9.25. The third-order valence-corrected chi connectivity index (χ3v) is 3.65. The minimum absolute atomic E-state index is 0.183. The number of benzene rings is 1. The van der Waals surface area contributed by atoms with E-state index in [-0.39, 0.29) is 5.75 Å². The Labute approximate surface area is 90.9 Å². The second kappa shape index (κ2) is 3.50. The molecule has 0 amide bonds. The van der Waals surface area contributed by atoms with Gasteiger partial charge in [-0.25, -0.2) is 0 Å². The van der Waals surface area contributed by atoms with E-state index in [1.165, 1.54) is 24.0 Å². The summed E-state index contributed by atoms with van der Waals surface area (Å²) in [6.07, 6.45) is 4.54. The van der Waals surface area contributed by atoms with Crippen LogP contribution in [0.3, 0.4) is 0 Å². The summed E-state index contributed by atoms with van der Waals surface area (Å²) in [6, 6.07) is 1.89. The highest BCUT2D eigenvalue weighted by molar-refractivity contribution is 9.10. The van der Waals surface area contributed by atoms with Gasteiger partial charge in [-0.3, -0.25) is 0 Å². The highest BCUT2D eigenvalue weighted by Gasteiger charge is 2.17. The number of hydrogen-bond donors (Lipinski definition) is 1. The average molecular weight is 262 g/mol. The zero-order valence-corrected chi connectivity index (χ0v) is 9.45. The molecule has 1 N–H and O–H groups in total. The van der Waals surface area contributed by atoms with Crippen LogP contribution in [0.2, 0.25) is 5.02 Å². The van der Waals surface area contributed by atoms with Crippen LogP contribution in [0.15, 0.2) is 10.5 Å². The Balaban J connectivity index is 2.60. The highest BCUT2D eigenvalue weighted by Crippen LogP contribution is 2.39. The largest absolute Gasteiger partial charge is 0.505 e. The first-order valence-electron chi connectivity index (χ1n) is 4.39. The van der Waals surface area contributed by atoms with Gasteiger partial charge in [-0.2, -0.15) is 0 Å². The maximum absolute atomic E-state index is 9.58. The fourth-order valence-corrected chi connectivity index (χ4v) is 2.81. The first-order chi connectivity index (χ1) is 6.20. The van der Waals surface area contributed by atoms with E-state index in [0.717, 1.165) is 17.3 Å². The van der Waals surface area contributed by atoms with Gasteiger partial charge in [-0.1, -0.05) is 11.6 Å². The van der Waals surface area contributed by atoms with Crippen molar-refractivity contribution in [3.05, 3.63) is 26.7 Å². The van der Waals surface area contributed by atoms with Crippen LogP contribution in [0.5, 0.6) is 5.75 Å². The second-order valence-electron chi connectivity index (χ2n) is 3.37. The van der Waals surface area contributed by atoms with Gasteiger partial charge in [0.25, 0.3) is 0 Å². The summed E-state index contributed by atoms with van der Waals surface area (Å²) in [5.74, 6) is 0.183. The van der Waals surface area contributed by atoms with Crippen molar-refractivity contribution in [2.45, 2.75) is 25.7 Å². The summed E-state index contributed by atoms with van der Waals surface area (Å²) in [7, 11) is 0. The molecule has 0 heterocycles. The molecule has 0 aromatic heterocycles. The molecule has 1 aromatic rings. The molecular weight excluding hydrogens is 251 g/mol. The van der Waals surface area contributed by atoms with Gasteiger partial charge in [0.15, 0.2) is 0 Å². The monoisotopic (exact) mass is 260 g/mol. The van der Waals surface area contributed by atoms with Crippen molar-refractivity contribution >= 4 is 27.5 Å². The van der Waals surface area contributed by atoms with Crippen LogP contribution in [-0.4, -0.2) is 5.11 Å². The zero-order valence-electron chi connectivity index (χ0n) is 7.11. The number of rotatable bonds is 0. The highest BCUT2D eigenvalue weighted by atomic mass is 79.9. The Morgan fingerprint density at radius 3 is 2.77 bits per heavy atom. The molecule has 1 aliphatic carbocycles. The van der Waals surface area contributed by atoms with Crippen LogP contribution in [-0.2, 0) is 12.8 Å². The Hall–Kier alpha value is -0.210. The first-order valence-corrected chi connectivity index (χ1v) is 5.56. The molecule has 0 unspecified atom stereocenters. The number of fused-ring (bicyclic) bond motifs is 1. The Kier molecular flexibility index (Phi) is 2.52. The quantitative estimate of drug-likeness (QED) is 0.755. The molecule has 1 aliphatic rings. The SMILES string of the molecule is Oc1c(Cl)cc2c(c1Br)CCCC2. The number of phenols is 1. The lowest BCUT2D eigenvalue weighted by molar-refractivity contribution is 0.469. The molecule has 13 heavy (non-hydrogen) atoms. The van der Waals surface area contributed by atoms with Crippen LogP contribution >= 0.6 is 27.5 Å². The van der Waals surface area contributed by atoms with Crippen molar-refractivity contribution in [1.82, 2.24) is 0 Å². The predicted molar refractivity (Wildman–Crippen MR) is 57.5 cm³/mol. The minimum atomic E-state index is 0.183. The van der Waals surface area contributed by atoms with Crippen LogP contribution in [0.1, 0.15) is 24.0 Å². The van der Waals surface area contributed by atoms with E-state index >= 15 is 0 Å². The molecule has 0 fully saturated rings. The lowest BCUT2D eigenvalue weighted by Crippen LogP contribution is -2.03. The van der Waals surface area contributed by atoms with Crippen molar-refractivity contribution < 1.29 is 5.11 Å². The third-order valence-electron chi connectivity index (χ3n) is 2.51. The van der Waals surface area contributed by atoms with Gasteiger partial charge in [0.05, 0.1) is 9.50 Å². The number of aryl methyl sites for hydroxylation is 1. The lowest BCUT2D eigenvalue weighted by Gasteiger charge is -2.18. The van der Waals surface area contributed by atoms with Crippen LogP contribution in [0.4, 0.5) is 0 Å². The Morgan fingerprint density at radius 1 is 1.31 bits per heavy atom. The van der Waals surface area contributed by atoms with Gasteiger partial charge in [-0.15, -0.1) is 0 Å². The molecule has 1 aromatic carbocycles. The van der Waals surface area contributed by atoms with Crippen molar-refractivity contribution in [3.63, 3.8) is 0 Å². The normalized spacial score (nSPS) is 15.5. The van der Waals surface area contributed by atoms with Gasteiger partial charge in [0.2, 0.25) is 0 Å². The average Bonchev–Trinajstić information content (AvgIpc) is 2.15. The number of hydrogen-bond acceptors (Lipinski definition) is 1. The Morgan fingerprint density at radius 2 is 2.00 bits per heavy atom. The van der Waals surface area contributed by atoms with Gasteiger partial charge in [0.1, 0.15) is 5.75 Å². The molecule has 0 saturated carbocycles. The van der Waals surface area contributed by atoms with E-state index in [4.69, 9.17) is 11.6 Å². The lowest BCUT2D eigenvalue weighted by atomic mass is 9.92. The maximum Gasteiger partial charge on any atom is 0.148 e. The summed E-state index contributed by atoms with van der Waals surface area (Å²) in [4.78, 5) is 0. The van der Waals surface area contributed by atoms with Crippen molar-refractivity contribution in [1.29, 1.82) is 0 Å². The molecule has 70 valence electrons. The molecule has 2 rings (SSSR count). The standard InChI is InChI=1S/C10H10BrClO/c11-9-7-4-2-1-3-6(7)5-8(12)10(9)13/h5,13H,1-4H2. The number of phenolic OH excluding ortho intramolecular Hbond substituents is 1. The summed E-state index contributed by atoms with van der Waals surface area (Å²) in [5.41, 5.74) is 2.51. The predicted octanol–water partition coefficient (Wildman–Crippen LogP) is 3.69. The summed E-state index contributed by atoms with van der Waals surface area (Å²) in [6.45, 7) is 0. The van der Waals surface area contributed by atoms with Gasteiger partial charge in [0, 0.05) is 0 Å². The van der Waals surface area contributed by atoms with Crippen molar-refractivity contribution in [2.24, 2.45) is 0 Å². The zero-order chi connectivity index (χ0) is 9.42. The summed E-state index contributed by atoms with van der Waals surface area (Å²) < 4.78 is 0.787. The minimum Gasteiger partial charge on any atom is -0.505 e. The first kappa shape index (κ1) is 9.35. The third kappa shape index (κ3) is 1.57. The maximum atomic E-state index is 9.58. The van der Waals surface area contributed by atoms with E-state index in [1.807, 2.05) is 6.07 Å². The van der Waals surface area contributed by atoms with Crippen molar-refractivity contribution in [2.75, 3.05) is 0 Å². The number of halogens is 2.